The third-order valence-corrected chi connectivity index (χ3v) is 3.82. The molecule has 1 aliphatic heterocycles. The molecule has 2 fully saturated rings. The lowest BCUT2D eigenvalue weighted by Gasteiger charge is -2.30. The Bertz CT molecular complexity index is 251. The van der Waals surface area contributed by atoms with Crippen molar-refractivity contribution >= 4 is 5.97 Å². The Hall–Kier alpha value is -0.610. The molecule has 98 valence electrons. The third kappa shape index (κ3) is 3.68. The number of ether oxygens (including phenoxy) is 2. The lowest BCUT2D eigenvalue weighted by Crippen LogP contribution is -2.38. The molecule has 2 aliphatic rings. The summed E-state index contributed by atoms with van der Waals surface area (Å²) in [5, 5.41) is 3.25. The SMILES string of the molecule is COC1CCCC(OC(=O)C2CCCNC2)C1. The first-order valence-electron chi connectivity index (χ1n) is 6.73. The van der Waals surface area contributed by atoms with Gasteiger partial charge in [-0.05, 0) is 38.6 Å². The fourth-order valence-electron chi connectivity index (χ4n) is 2.74. The molecule has 1 saturated heterocycles. The first-order chi connectivity index (χ1) is 8.29. The molecule has 3 atom stereocenters. The highest BCUT2D eigenvalue weighted by Crippen LogP contribution is 2.24. The molecule has 0 bridgehead atoms. The summed E-state index contributed by atoms with van der Waals surface area (Å²) in [6, 6.07) is 0. The predicted octanol–water partition coefficient (Wildman–Crippen LogP) is 1.49. The molecule has 4 nitrogen and oxygen atoms in total. The van der Waals surface area contributed by atoms with E-state index in [-0.39, 0.29) is 24.1 Å². The van der Waals surface area contributed by atoms with Gasteiger partial charge in [0, 0.05) is 20.1 Å². The number of nitrogens with one attached hydrogen (secondary N) is 1. The number of rotatable bonds is 3. The van der Waals surface area contributed by atoms with E-state index in [2.05, 4.69) is 5.32 Å². The summed E-state index contributed by atoms with van der Waals surface area (Å²) in [4.78, 5) is 12.0. The highest BCUT2D eigenvalue weighted by atomic mass is 16.5. The Morgan fingerprint density at radius 3 is 2.71 bits per heavy atom. The summed E-state index contributed by atoms with van der Waals surface area (Å²) in [5.41, 5.74) is 0. The van der Waals surface area contributed by atoms with Gasteiger partial charge in [-0.3, -0.25) is 4.79 Å². The molecule has 0 radical (unpaired) electrons. The molecule has 0 spiro atoms. The van der Waals surface area contributed by atoms with Crippen molar-refractivity contribution < 1.29 is 14.3 Å². The molecular formula is C13H23NO3. The predicted molar refractivity (Wildman–Crippen MR) is 64.7 cm³/mol. The highest BCUT2D eigenvalue weighted by molar-refractivity contribution is 5.73. The normalized spacial score (nSPS) is 34.3. The summed E-state index contributed by atoms with van der Waals surface area (Å²) in [6.07, 6.45) is 6.43. The Kier molecular flexibility index (Phi) is 4.80. The third-order valence-electron chi connectivity index (χ3n) is 3.82. The van der Waals surface area contributed by atoms with E-state index in [9.17, 15) is 4.79 Å². The van der Waals surface area contributed by atoms with E-state index in [0.717, 1.165) is 51.6 Å². The second-order valence-electron chi connectivity index (χ2n) is 5.13. The molecule has 1 N–H and O–H groups in total. The molecule has 17 heavy (non-hydrogen) atoms. The van der Waals surface area contributed by atoms with Gasteiger partial charge in [-0.15, -0.1) is 0 Å². The van der Waals surface area contributed by atoms with E-state index in [1.807, 2.05) is 0 Å². The average molecular weight is 241 g/mol. The largest absolute Gasteiger partial charge is 0.462 e. The molecule has 4 heteroatoms. The topological polar surface area (TPSA) is 47.6 Å². The van der Waals surface area contributed by atoms with Gasteiger partial charge in [0.1, 0.15) is 6.10 Å². The van der Waals surface area contributed by atoms with Crippen molar-refractivity contribution in [3.05, 3.63) is 0 Å². The summed E-state index contributed by atoms with van der Waals surface area (Å²) >= 11 is 0. The lowest BCUT2D eigenvalue weighted by molar-refractivity contribution is -0.158. The van der Waals surface area contributed by atoms with Crippen LogP contribution in [0.2, 0.25) is 0 Å². The second kappa shape index (κ2) is 6.36. The zero-order valence-electron chi connectivity index (χ0n) is 10.6. The molecule has 0 aromatic heterocycles. The van der Waals surface area contributed by atoms with Crippen LogP contribution >= 0.6 is 0 Å². The zero-order valence-corrected chi connectivity index (χ0v) is 10.6. The van der Waals surface area contributed by atoms with Gasteiger partial charge in [-0.1, -0.05) is 0 Å². The van der Waals surface area contributed by atoms with Crippen LogP contribution in [0.1, 0.15) is 38.5 Å². The van der Waals surface area contributed by atoms with Crippen molar-refractivity contribution in [3.63, 3.8) is 0 Å². The van der Waals surface area contributed by atoms with Gasteiger partial charge < -0.3 is 14.8 Å². The lowest BCUT2D eigenvalue weighted by atomic mass is 9.94. The van der Waals surface area contributed by atoms with Crippen LogP contribution in [0.3, 0.4) is 0 Å². The van der Waals surface area contributed by atoms with E-state index in [4.69, 9.17) is 9.47 Å². The molecule has 1 heterocycles. The molecule has 3 unspecified atom stereocenters. The van der Waals surface area contributed by atoms with Gasteiger partial charge in [-0.25, -0.2) is 0 Å². The smallest absolute Gasteiger partial charge is 0.310 e. The number of carbonyl (C=O) groups excluding carboxylic acids is 1. The van der Waals surface area contributed by atoms with Crippen LogP contribution < -0.4 is 5.32 Å². The number of carbonyl (C=O) groups is 1. The van der Waals surface area contributed by atoms with Crippen molar-refractivity contribution in [3.8, 4) is 0 Å². The Morgan fingerprint density at radius 1 is 1.18 bits per heavy atom. The van der Waals surface area contributed by atoms with Crippen molar-refractivity contribution in [2.24, 2.45) is 5.92 Å². The van der Waals surface area contributed by atoms with Crippen molar-refractivity contribution in [2.75, 3.05) is 20.2 Å². The molecular weight excluding hydrogens is 218 g/mol. The van der Waals surface area contributed by atoms with Crippen LogP contribution in [0, 0.1) is 5.92 Å². The first-order valence-corrected chi connectivity index (χ1v) is 6.73. The average Bonchev–Trinajstić information content (AvgIpc) is 2.40. The maximum absolute atomic E-state index is 12.0. The quantitative estimate of drug-likeness (QED) is 0.760. The van der Waals surface area contributed by atoms with Gasteiger partial charge in [0.05, 0.1) is 12.0 Å². The van der Waals surface area contributed by atoms with Crippen LogP contribution in [0.15, 0.2) is 0 Å². The van der Waals surface area contributed by atoms with Gasteiger partial charge in [0.15, 0.2) is 0 Å². The van der Waals surface area contributed by atoms with Crippen molar-refractivity contribution in [1.82, 2.24) is 5.32 Å². The number of methoxy groups -OCH3 is 1. The highest BCUT2D eigenvalue weighted by Gasteiger charge is 2.28. The number of hydrogen-bond donors (Lipinski definition) is 1. The second-order valence-corrected chi connectivity index (χ2v) is 5.13. The van der Waals surface area contributed by atoms with E-state index in [0.29, 0.717) is 0 Å². The summed E-state index contributed by atoms with van der Waals surface area (Å²) < 4.78 is 10.9. The van der Waals surface area contributed by atoms with Gasteiger partial charge >= 0.3 is 5.97 Å². The maximum Gasteiger partial charge on any atom is 0.310 e. The number of piperidine rings is 1. The minimum absolute atomic E-state index is 0.0149. The van der Waals surface area contributed by atoms with Crippen LogP contribution in [-0.2, 0) is 14.3 Å². The molecule has 0 aromatic rings. The van der Waals surface area contributed by atoms with Crippen LogP contribution in [0.5, 0.6) is 0 Å². The molecule has 1 aliphatic carbocycles. The van der Waals surface area contributed by atoms with Crippen molar-refractivity contribution in [2.45, 2.75) is 50.7 Å². The van der Waals surface area contributed by atoms with Crippen LogP contribution in [0.25, 0.3) is 0 Å². The van der Waals surface area contributed by atoms with Gasteiger partial charge in [0.2, 0.25) is 0 Å². The van der Waals surface area contributed by atoms with E-state index in [1.54, 1.807) is 7.11 Å². The first kappa shape index (κ1) is 12.8. The van der Waals surface area contributed by atoms with Crippen LogP contribution in [0.4, 0.5) is 0 Å². The standard InChI is InChI=1S/C13H23NO3/c1-16-11-5-2-6-12(8-11)17-13(15)10-4-3-7-14-9-10/h10-12,14H,2-9H2,1H3. The fraction of sp³-hybridized carbons (Fsp3) is 0.923. The molecule has 0 amide bonds. The summed E-state index contributed by atoms with van der Waals surface area (Å²) in [5.74, 6) is 0.0469. The zero-order chi connectivity index (χ0) is 12.1. The Morgan fingerprint density at radius 2 is 2.00 bits per heavy atom. The molecule has 2 rings (SSSR count). The van der Waals surface area contributed by atoms with Crippen molar-refractivity contribution in [1.29, 1.82) is 0 Å². The van der Waals surface area contributed by atoms with E-state index < -0.39 is 0 Å². The fourth-order valence-corrected chi connectivity index (χ4v) is 2.74. The maximum atomic E-state index is 12.0. The summed E-state index contributed by atoms with van der Waals surface area (Å²) in [6.45, 7) is 1.80. The van der Waals surface area contributed by atoms with E-state index >= 15 is 0 Å². The Balaban J connectivity index is 1.77. The van der Waals surface area contributed by atoms with E-state index in [1.165, 1.54) is 0 Å². The monoisotopic (exact) mass is 241 g/mol. The molecule has 1 saturated carbocycles. The minimum Gasteiger partial charge on any atom is -0.462 e. The Labute approximate surface area is 103 Å². The van der Waals surface area contributed by atoms with Gasteiger partial charge in [-0.2, -0.15) is 0 Å². The van der Waals surface area contributed by atoms with Crippen LogP contribution in [-0.4, -0.2) is 38.4 Å². The summed E-state index contributed by atoms with van der Waals surface area (Å²) in [7, 11) is 1.74. The minimum atomic E-state index is -0.0149. The molecule has 0 aromatic carbocycles. The number of esters is 1. The number of hydrogen-bond acceptors (Lipinski definition) is 4. The van der Waals surface area contributed by atoms with Gasteiger partial charge in [0.25, 0.3) is 0 Å².